The summed E-state index contributed by atoms with van der Waals surface area (Å²) in [5.74, 6) is 0. The van der Waals surface area contributed by atoms with Crippen molar-refractivity contribution in [3.63, 3.8) is 0 Å². The number of aryl methyl sites for hydroxylation is 2. The number of nitrogens with zero attached hydrogens (tertiary/aromatic N) is 1. The normalized spacial score (nSPS) is 9.67. The van der Waals surface area contributed by atoms with Gasteiger partial charge < -0.3 is 0 Å². The van der Waals surface area contributed by atoms with Crippen LogP contribution in [0.1, 0.15) is 11.3 Å². The van der Waals surface area contributed by atoms with Crippen LogP contribution in [0, 0.1) is 13.8 Å². The monoisotopic (exact) mass is 293 g/mol. The van der Waals surface area contributed by atoms with Gasteiger partial charge in [0.25, 0.3) is 0 Å². The fourth-order valence-electron chi connectivity index (χ4n) is 2.13. The lowest BCUT2D eigenvalue weighted by Crippen LogP contribution is -1.99. The van der Waals surface area contributed by atoms with Crippen molar-refractivity contribution >= 4 is 14.7 Å². The molecule has 0 fully saturated rings. The van der Waals surface area contributed by atoms with Crippen molar-refractivity contribution in [2.24, 2.45) is 0 Å². The minimum absolute atomic E-state index is 1.02. The van der Waals surface area contributed by atoms with E-state index < -0.39 is 0 Å². The van der Waals surface area contributed by atoms with Crippen LogP contribution in [-0.2, 0) is 0 Å². The van der Waals surface area contributed by atoms with E-state index in [2.05, 4.69) is 75.7 Å². The van der Waals surface area contributed by atoms with Crippen LogP contribution >= 0.6 is 9.24 Å². The molecule has 1 nitrogen and oxygen atoms in total. The summed E-state index contributed by atoms with van der Waals surface area (Å²) in [6, 6.07) is 24.9. The number of benzene rings is 2. The van der Waals surface area contributed by atoms with Crippen LogP contribution in [0.25, 0.3) is 11.1 Å². The third-order valence-electron chi connectivity index (χ3n) is 3.00. The van der Waals surface area contributed by atoms with Crippen molar-refractivity contribution in [1.29, 1.82) is 0 Å². The fraction of sp³-hybridized carbons (Fsp3) is 0.105. The maximum atomic E-state index is 4.20. The fourth-order valence-corrected chi connectivity index (χ4v) is 2.60. The van der Waals surface area contributed by atoms with E-state index in [1.807, 2.05) is 25.1 Å². The largest absolute Gasteiger partial charge is 0.254 e. The molecule has 1 heterocycles. The SMILES string of the molecule is Cc1cc(C)nc(P)c1.c1ccc(-c2ccccc2)cc1. The number of pyridine rings is 1. The first kappa shape index (κ1) is 15.4. The molecule has 0 spiro atoms. The van der Waals surface area contributed by atoms with Crippen LogP contribution in [0.2, 0.25) is 0 Å². The van der Waals surface area contributed by atoms with E-state index in [1.54, 1.807) is 0 Å². The molecule has 0 saturated heterocycles. The summed E-state index contributed by atoms with van der Waals surface area (Å²) in [5.41, 5.74) is 5.93. The zero-order valence-corrected chi connectivity index (χ0v) is 13.6. The van der Waals surface area contributed by atoms with E-state index in [9.17, 15) is 0 Å². The van der Waals surface area contributed by atoms with Crippen molar-refractivity contribution in [2.75, 3.05) is 0 Å². The molecule has 0 aliphatic carbocycles. The Hall–Kier alpha value is -1.98. The molecule has 0 aliphatic rings. The Bertz CT molecular complexity index is 590. The van der Waals surface area contributed by atoms with Crippen LogP contribution < -0.4 is 5.44 Å². The van der Waals surface area contributed by atoms with Crippen molar-refractivity contribution in [3.8, 4) is 11.1 Å². The predicted octanol–water partition coefficient (Wildman–Crippen LogP) is 4.55. The van der Waals surface area contributed by atoms with E-state index in [0.29, 0.717) is 0 Å². The van der Waals surface area contributed by atoms with Gasteiger partial charge in [-0.25, -0.2) is 0 Å². The van der Waals surface area contributed by atoms with Crippen LogP contribution in [0.5, 0.6) is 0 Å². The highest BCUT2D eigenvalue weighted by molar-refractivity contribution is 7.26. The Morgan fingerprint density at radius 3 is 1.57 bits per heavy atom. The smallest absolute Gasteiger partial charge is 0.0574 e. The summed E-state index contributed by atoms with van der Waals surface area (Å²) in [4.78, 5) is 4.20. The molecule has 0 aliphatic heterocycles. The van der Waals surface area contributed by atoms with E-state index in [-0.39, 0.29) is 0 Å². The number of hydrogen-bond acceptors (Lipinski definition) is 1. The first-order valence-corrected chi connectivity index (χ1v) is 7.54. The minimum Gasteiger partial charge on any atom is -0.254 e. The van der Waals surface area contributed by atoms with Crippen LogP contribution in [-0.4, -0.2) is 4.98 Å². The van der Waals surface area contributed by atoms with Crippen molar-refractivity contribution < 1.29 is 0 Å². The molecule has 3 rings (SSSR count). The zero-order valence-electron chi connectivity index (χ0n) is 12.5. The molecule has 1 unspecified atom stereocenters. The van der Waals surface area contributed by atoms with E-state index in [0.717, 1.165) is 11.1 Å². The first-order chi connectivity index (χ1) is 10.1. The van der Waals surface area contributed by atoms with Crippen LogP contribution in [0.3, 0.4) is 0 Å². The molecule has 1 atom stereocenters. The molecule has 106 valence electrons. The Morgan fingerprint density at radius 1 is 0.714 bits per heavy atom. The van der Waals surface area contributed by atoms with Gasteiger partial charge in [0.1, 0.15) is 0 Å². The average molecular weight is 293 g/mol. The van der Waals surface area contributed by atoms with Crippen LogP contribution in [0.15, 0.2) is 72.8 Å². The van der Waals surface area contributed by atoms with Crippen LogP contribution in [0.4, 0.5) is 0 Å². The zero-order chi connectivity index (χ0) is 15.1. The maximum absolute atomic E-state index is 4.20. The van der Waals surface area contributed by atoms with Gasteiger partial charge in [0.2, 0.25) is 0 Å². The number of hydrogen-bond donors (Lipinski definition) is 0. The molecular weight excluding hydrogens is 273 g/mol. The standard InChI is InChI=1S/C12H10.C7H10NP/c1-3-7-11(8-4-1)12-9-5-2-6-10-12;1-5-3-6(2)8-7(9)4-5/h1-10H;3-4H,9H2,1-2H3. The lowest BCUT2D eigenvalue weighted by molar-refractivity contribution is 1.21. The Kier molecular flexibility index (Phi) is 5.66. The van der Waals surface area contributed by atoms with Gasteiger partial charge >= 0.3 is 0 Å². The molecule has 3 aromatic rings. The number of rotatable bonds is 1. The van der Waals surface area contributed by atoms with Gasteiger partial charge in [-0.15, -0.1) is 0 Å². The molecule has 2 heteroatoms. The molecule has 0 radical (unpaired) electrons. The molecular formula is C19H20NP. The molecule has 21 heavy (non-hydrogen) atoms. The average Bonchev–Trinajstić information content (AvgIpc) is 2.48. The Morgan fingerprint density at radius 2 is 1.19 bits per heavy atom. The highest BCUT2D eigenvalue weighted by Gasteiger charge is 1.92. The van der Waals surface area contributed by atoms with E-state index >= 15 is 0 Å². The summed E-state index contributed by atoms with van der Waals surface area (Å²) in [5, 5.41) is 0. The Labute approximate surface area is 129 Å². The topological polar surface area (TPSA) is 12.9 Å². The quantitative estimate of drug-likeness (QED) is 0.600. The second-order valence-electron chi connectivity index (χ2n) is 4.94. The molecule has 0 amide bonds. The molecule has 0 bridgehead atoms. The summed E-state index contributed by atoms with van der Waals surface area (Å²) < 4.78 is 0. The maximum Gasteiger partial charge on any atom is 0.0574 e. The molecule has 2 aromatic carbocycles. The second kappa shape index (κ2) is 7.71. The van der Waals surface area contributed by atoms with Gasteiger partial charge in [0, 0.05) is 5.69 Å². The van der Waals surface area contributed by atoms with Gasteiger partial charge in [0.05, 0.1) is 5.44 Å². The van der Waals surface area contributed by atoms with Gasteiger partial charge in [-0.2, -0.15) is 0 Å². The summed E-state index contributed by atoms with van der Waals surface area (Å²) >= 11 is 0. The third-order valence-corrected chi connectivity index (χ3v) is 3.29. The van der Waals surface area contributed by atoms with E-state index in [4.69, 9.17) is 0 Å². The summed E-state index contributed by atoms with van der Waals surface area (Å²) in [7, 11) is 2.59. The highest BCUT2D eigenvalue weighted by atomic mass is 31.0. The van der Waals surface area contributed by atoms with Gasteiger partial charge in [0.15, 0.2) is 0 Å². The third kappa shape index (κ3) is 5.13. The lowest BCUT2D eigenvalue weighted by Gasteiger charge is -1.98. The molecule has 0 saturated carbocycles. The van der Waals surface area contributed by atoms with Gasteiger partial charge in [-0.3, -0.25) is 4.98 Å². The summed E-state index contributed by atoms with van der Waals surface area (Å²) in [6.07, 6.45) is 0. The number of aromatic nitrogens is 1. The van der Waals surface area contributed by atoms with Crippen molar-refractivity contribution in [1.82, 2.24) is 4.98 Å². The lowest BCUT2D eigenvalue weighted by atomic mass is 10.1. The Balaban J connectivity index is 0.000000161. The molecule has 0 N–H and O–H groups in total. The van der Waals surface area contributed by atoms with Crippen molar-refractivity contribution in [2.45, 2.75) is 13.8 Å². The van der Waals surface area contributed by atoms with Gasteiger partial charge in [-0.1, -0.05) is 69.9 Å². The van der Waals surface area contributed by atoms with E-state index in [1.165, 1.54) is 16.7 Å². The second-order valence-corrected chi connectivity index (χ2v) is 5.53. The first-order valence-electron chi connectivity index (χ1n) is 6.96. The minimum atomic E-state index is 1.02. The van der Waals surface area contributed by atoms with Crippen molar-refractivity contribution in [3.05, 3.63) is 84.1 Å². The predicted molar refractivity (Wildman–Crippen MR) is 94.9 cm³/mol. The molecule has 1 aromatic heterocycles. The van der Waals surface area contributed by atoms with Gasteiger partial charge in [-0.05, 0) is 42.7 Å². The highest BCUT2D eigenvalue weighted by Crippen LogP contribution is 2.17. The summed E-state index contributed by atoms with van der Waals surface area (Å²) in [6.45, 7) is 4.07.